The van der Waals surface area contributed by atoms with Gasteiger partial charge in [-0.05, 0) is 92.1 Å². The number of rotatable bonds is 15. The molecule has 1 aliphatic rings. The normalized spacial score (nSPS) is 15.6. The highest BCUT2D eigenvalue weighted by Crippen LogP contribution is 2.28. The number of ether oxygens (including phenoxy) is 4. The Kier molecular flexibility index (Phi) is 12.8. The van der Waals surface area contributed by atoms with E-state index in [0.717, 1.165) is 36.1 Å². The summed E-state index contributed by atoms with van der Waals surface area (Å²) < 4.78 is 22.5. The molecule has 49 heavy (non-hydrogen) atoms. The number of nitrogens with one attached hydrogen (secondary N) is 1. The quantitative estimate of drug-likeness (QED) is 0.102. The molecule has 1 fully saturated rings. The van der Waals surface area contributed by atoms with Gasteiger partial charge in [-0.25, -0.2) is 4.79 Å². The van der Waals surface area contributed by atoms with Gasteiger partial charge in [0.2, 0.25) is 0 Å². The SMILES string of the molecule is CCOC(=O)c1ccc(OCCCc2ccc(OCc3ccc(-c4ccccc4)cc3)cc2)c(C(=O)N[C@@H]2CCCC[C@@H]2C(=O)OCC)c1. The van der Waals surface area contributed by atoms with Crippen molar-refractivity contribution in [2.75, 3.05) is 19.8 Å². The van der Waals surface area contributed by atoms with Crippen molar-refractivity contribution < 1.29 is 33.3 Å². The topological polar surface area (TPSA) is 100 Å². The van der Waals surface area contributed by atoms with Crippen LogP contribution in [0.15, 0.2) is 97.1 Å². The van der Waals surface area contributed by atoms with E-state index in [1.54, 1.807) is 26.0 Å². The fourth-order valence-electron chi connectivity index (χ4n) is 6.06. The average Bonchev–Trinajstić information content (AvgIpc) is 3.14. The van der Waals surface area contributed by atoms with Crippen LogP contribution < -0.4 is 14.8 Å². The van der Waals surface area contributed by atoms with Crippen LogP contribution in [0.4, 0.5) is 0 Å². The molecule has 1 aliphatic carbocycles. The van der Waals surface area contributed by atoms with Crippen molar-refractivity contribution in [1.29, 1.82) is 0 Å². The first-order chi connectivity index (χ1) is 23.9. The van der Waals surface area contributed by atoms with Crippen molar-refractivity contribution >= 4 is 17.8 Å². The molecule has 4 aromatic carbocycles. The molecule has 256 valence electrons. The Balaban J connectivity index is 1.15. The first-order valence-electron chi connectivity index (χ1n) is 17.2. The molecule has 1 amide bonds. The van der Waals surface area contributed by atoms with Gasteiger partial charge in [0.15, 0.2) is 0 Å². The van der Waals surface area contributed by atoms with E-state index in [1.807, 2.05) is 42.5 Å². The Labute approximate surface area is 288 Å². The highest BCUT2D eigenvalue weighted by atomic mass is 16.5. The molecular formula is C41H45NO7. The Morgan fingerprint density at radius 3 is 2.16 bits per heavy atom. The summed E-state index contributed by atoms with van der Waals surface area (Å²) >= 11 is 0. The molecule has 0 heterocycles. The van der Waals surface area contributed by atoms with Crippen LogP contribution in [0.5, 0.6) is 11.5 Å². The molecule has 2 atom stereocenters. The molecule has 0 unspecified atom stereocenters. The Morgan fingerprint density at radius 1 is 0.735 bits per heavy atom. The number of aryl methyl sites for hydroxylation is 1. The molecule has 0 bridgehead atoms. The van der Waals surface area contributed by atoms with Gasteiger partial charge in [-0.3, -0.25) is 9.59 Å². The molecule has 0 spiro atoms. The summed E-state index contributed by atoms with van der Waals surface area (Å²) in [6.45, 7) is 4.86. The Bertz CT molecular complexity index is 1670. The van der Waals surface area contributed by atoms with Gasteiger partial charge in [0, 0.05) is 6.04 Å². The molecule has 8 heteroatoms. The third-order valence-electron chi connectivity index (χ3n) is 8.66. The lowest BCUT2D eigenvalue weighted by atomic mass is 9.84. The van der Waals surface area contributed by atoms with Crippen molar-refractivity contribution in [1.82, 2.24) is 5.32 Å². The highest BCUT2D eigenvalue weighted by molar-refractivity contribution is 6.00. The maximum atomic E-state index is 13.6. The summed E-state index contributed by atoms with van der Waals surface area (Å²) in [5.74, 6) is -0.443. The fraction of sp³-hybridized carbons (Fsp3) is 0.341. The monoisotopic (exact) mass is 663 g/mol. The third-order valence-corrected chi connectivity index (χ3v) is 8.66. The molecule has 4 aromatic rings. The van der Waals surface area contributed by atoms with E-state index in [-0.39, 0.29) is 36.4 Å². The van der Waals surface area contributed by atoms with Gasteiger partial charge in [-0.15, -0.1) is 0 Å². The molecule has 8 nitrogen and oxygen atoms in total. The van der Waals surface area contributed by atoms with Crippen LogP contribution in [0.25, 0.3) is 11.1 Å². The van der Waals surface area contributed by atoms with E-state index in [9.17, 15) is 14.4 Å². The number of hydrogen-bond acceptors (Lipinski definition) is 7. The molecule has 0 aliphatic heterocycles. The van der Waals surface area contributed by atoms with Crippen molar-refractivity contribution in [3.63, 3.8) is 0 Å². The zero-order valence-electron chi connectivity index (χ0n) is 28.3. The van der Waals surface area contributed by atoms with Crippen molar-refractivity contribution in [2.24, 2.45) is 5.92 Å². The Morgan fingerprint density at radius 2 is 1.43 bits per heavy atom. The number of esters is 2. The first kappa shape index (κ1) is 35.2. The van der Waals surface area contributed by atoms with Crippen molar-refractivity contribution in [3.8, 4) is 22.6 Å². The minimum Gasteiger partial charge on any atom is -0.493 e. The zero-order valence-corrected chi connectivity index (χ0v) is 28.3. The lowest BCUT2D eigenvalue weighted by Gasteiger charge is -2.30. The van der Waals surface area contributed by atoms with Gasteiger partial charge in [0.05, 0.1) is 36.9 Å². The van der Waals surface area contributed by atoms with E-state index in [0.29, 0.717) is 38.2 Å². The van der Waals surface area contributed by atoms with E-state index in [4.69, 9.17) is 18.9 Å². The fourth-order valence-corrected chi connectivity index (χ4v) is 6.06. The molecule has 5 rings (SSSR count). The van der Waals surface area contributed by atoms with Crippen LogP contribution in [-0.4, -0.2) is 43.7 Å². The van der Waals surface area contributed by atoms with Gasteiger partial charge in [-0.2, -0.15) is 0 Å². The summed E-state index contributed by atoms with van der Waals surface area (Å²) in [5, 5.41) is 3.03. The predicted molar refractivity (Wildman–Crippen MR) is 189 cm³/mol. The Hall–Kier alpha value is -5.11. The summed E-state index contributed by atoms with van der Waals surface area (Å²) in [7, 11) is 0. The van der Waals surface area contributed by atoms with Crippen LogP contribution in [0.3, 0.4) is 0 Å². The minimum absolute atomic E-state index is 0.220. The van der Waals surface area contributed by atoms with Gasteiger partial charge < -0.3 is 24.3 Å². The van der Waals surface area contributed by atoms with Crippen molar-refractivity contribution in [2.45, 2.75) is 65.0 Å². The maximum Gasteiger partial charge on any atom is 0.338 e. The number of amides is 1. The van der Waals surface area contributed by atoms with Crippen molar-refractivity contribution in [3.05, 3.63) is 119 Å². The summed E-state index contributed by atoms with van der Waals surface area (Å²) in [6, 6.07) is 31.1. The molecule has 0 aromatic heterocycles. The molecule has 1 N–H and O–H groups in total. The van der Waals surface area contributed by atoms with Crippen LogP contribution >= 0.6 is 0 Å². The van der Waals surface area contributed by atoms with E-state index in [2.05, 4.69) is 41.7 Å². The number of carbonyl (C=O) groups excluding carboxylic acids is 3. The number of carbonyl (C=O) groups is 3. The lowest BCUT2D eigenvalue weighted by molar-refractivity contribution is -0.150. The second kappa shape index (κ2) is 17.9. The highest BCUT2D eigenvalue weighted by Gasteiger charge is 2.34. The van der Waals surface area contributed by atoms with Gasteiger partial charge in [-0.1, -0.05) is 79.6 Å². The van der Waals surface area contributed by atoms with E-state index >= 15 is 0 Å². The van der Waals surface area contributed by atoms with Gasteiger partial charge in [0.25, 0.3) is 5.91 Å². The maximum absolute atomic E-state index is 13.6. The van der Waals surface area contributed by atoms with Crippen LogP contribution in [-0.2, 0) is 27.3 Å². The second-order valence-electron chi connectivity index (χ2n) is 12.1. The van der Waals surface area contributed by atoms with E-state index < -0.39 is 17.8 Å². The molecular weight excluding hydrogens is 618 g/mol. The zero-order chi connectivity index (χ0) is 34.4. The summed E-state index contributed by atoms with van der Waals surface area (Å²) in [5.41, 5.74) is 5.10. The third kappa shape index (κ3) is 9.95. The second-order valence-corrected chi connectivity index (χ2v) is 12.1. The molecule has 0 radical (unpaired) electrons. The molecule has 1 saturated carbocycles. The first-order valence-corrected chi connectivity index (χ1v) is 17.2. The molecule has 0 saturated heterocycles. The van der Waals surface area contributed by atoms with Crippen LogP contribution in [0.1, 0.15) is 77.8 Å². The van der Waals surface area contributed by atoms with Gasteiger partial charge >= 0.3 is 11.9 Å². The standard InChI is InChI=1S/C41H45NO7/c1-3-46-40(44)33-22-25-38(36(27-33)39(43)42-37-15-9-8-14-35(37)41(45)47-4-2)48-26-10-11-29-18-23-34(24-19-29)49-28-30-16-20-32(21-17-30)31-12-6-5-7-13-31/h5-7,12-13,16-25,27,35,37H,3-4,8-11,14-15,26,28H2,1-2H3,(H,42,43)/t35-,37+/m0/s1. The number of hydrogen-bond donors (Lipinski definition) is 1. The average molecular weight is 664 g/mol. The van der Waals surface area contributed by atoms with E-state index in [1.165, 1.54) is 17.2 Å². The summed E-state index contributed by atoms with van der Waals surface area (Å²) in [4.78, 5) is 38.7. The number of benzene rings is 4. The van der Waals surface area contributed by atoms with Crippen LogP contribution in [0.2, 0.25) is 0 Å². The summed E-state index contributed by atoms with van der Waals surface area (Å²) in [6.07, 6.45) is 4.63. The smallest absolute Gasteiger partial charge is 0.338 e. The van der Waals surface area contributed by atoms with Gasteiger partial charge in [0.1, 0.15) is 18.1 Å². The minimum atomic E-state index is -0.515. The lowest BCUT2D eigenvalue weighted by Crippen LogP contribution is -2.45. The predicted octanol–water partition coefficient (Wildman–Crippen LogP) is 7.97. The van der Waals surface area contributed by atoms with Crippen LogP contribution in [0, 0.1) is 5.92 Å². The largest absolute Gasteiger partial charge is 0.493 e.